The number of phenols is 1. The number of allylic oxidation sites excluding steroid dienone is 1. The van der Waals surface area contributed by atoms with Crippen molar-refractivity contribution in [1.29, 1.82) is 0 Å². The summed E-state index contributed by atoms with van der Waals surface area (Å²) >= 11 is 0. The first kappa shape index (κ1) is 22.2. The zero-order valence-corrected chi connectivity index (χ0v) is 17.8. The Balaban J connectivity index is 2.08. The van der Waals surface area contributed by atoms with E-state index >= 15 is 0 Å². The highest BCUT2D eigenvalue weighted by Gasteiger charge is 2.22. The highest BCUT2D eigenvalue weighted by Crippen LogP contribution is 2.49. The molecule has 31 heavy (non-hydrogen) atoms. The minimum Gasteiger partial charge on any atom is -0.504 e. The van der Waals surface area contributed by atoms with Gasteiger partial charge in [-0.2, -0.15) is 0 Å². The summed E-state index contributed by atoms with van der Waals surface area (Å²) in [5.41, 5.74) is 2.89. The van der Waals surface area contributed by atoms with Gasteiger partial charge in [-0.05, 0) is 61.4 Å². The van der Waals surface area contributed by atoms with Crippen LogP contribution >= 0.6 is 0 Å². The van der Waals surface area contributed by atoms with E-state index in [-0.39, 0.29) is 35.2 Å². The van der Waals surface area contributed by atoms with Crippen molar-refractivity contribution in [3.8, 4) is 45.3 Å². The van der Waals surface area contributed by atoms with Crippen LogP contribution in [-0.4, -0.2) is 25.9 Å². The molecule has 3 aromatic carbocycles. The number of benzene rings is 3. The van der Waals surface area contributed by atoms with E-state index in [0.717, 1.165) is 5.57 Å². The number of aromatic hydroxyl groups is 1. The normalized spacial score (nSPS) is 10.5. The fourth-order valence-corrected chi connectivity index (χ4v) is 3.19. The number of ether oxygens (including phenoxy) is 3. The van der Waals surface area contributed by atoms with Crippen molar-refractivity contribution in [3.63, 3.8) is 0 Å². The summed E-state index contributed by atoms with van der Waals surface area (Å²) in [6, 6.07) is 11.8. The standard InChI is InChI=1S/C25H24F2O4/c1-15(2)11-12-31-21-10-7-17(13-20(21)27)23-22(29-3)14-19(25(30-4)24(23)28)16-5-8-18(26)9-6-16/h5-11,13-14,28H,12H2,1-4H3. The average Bonchev–Trinajstić information content (AvgIpc) is 2.74. The van der Waals surface area contributed by atoms with Crippen molar-refractivity contribution >= 4 is 0 Å². The Hall–Kier alpha value is -3.54. The minimum atomic E-state index is -0.567. The van der Waals surface area contributed by atoms with Crippen LogP contribution in [0.3, 0.4) is 0 Å². The minimum absolute atomic E-state index is 0.106. The van der Waals surface area contributed by atoms with Gasteiger partial charge in [0.1, 0.15) is 18.2 Å². The Morgan fingerprint density at radius 1 is 0.903 bits per heavy atom. The van der Waals surface area contributed by atoms with Crippen LogP contribution in [0.4, 0.5) is 8.78 Å². The van der Waals surface area contributed by atoms with Gasteiger partial charge in [0.15, 0.2) is 23.1 Å². The third-order valence-electron chi connectivity index (χ3n) is 4.75. The molecule has 6 heteroatoms. The fraction of sp³-hybridized carbons (Fsp3) is 0.200. The van der Waals surface area contributed by atoms with Crippen molar-refractivity contribution in [3.05, 3.63) is 71.8 Å². The van der Waals surface area contributed by atoms with Crippen molar-refractivity contribution in [2.24, 2.45) is 0 Å². The van der Waals surface area contributed by atoms with Crippen LogP contribution in [0.25, 0.3) is 22.3 Å². The Morgan fingerprint density at radius 3 is 2.16 bits per heavy atom. The molecule has 0 atom stereocenters. The second kappa shape index (κ2) is 9.51. The lowest BCUT2D eigenvalue weighted by molar-refractivity contribution is 0.341. The summed E-state index contributed by atoms with van der Waals surface area (Å²) in [5.74, 6) is -0.559. The number of phenolic OH excluding ortho intramolecular Hbond substituents is 1. The Bertz CT molecular complexity index is 1100. The van der Waals surface area contributed by atoms with Gasteiger partial charge in [0.25, 0.3) is 0 Å². The molecule has 0 heterocycles. The summed E-state index contributed by atoms with van der Waals surface area (Å²) < 4.78 is 44.3. The molecule has 0 unspecified atom stereocenters. The zero-order valence-electron chi connectivity index (χ0n) is 17.8. The van der Waals surface area contributed by atoms with E-state index < -0.39 is 5.82 Å². The highest BCUT2D eigenvalue weighted by atomic mass is 19.1. The van der Waals surface area contributed by atoms with Crippen molar-refractivity contribution < 1.29 is 28.1 Å². The maximum atomic E-state index is 14.7. The van der Waals surface area contributed by atoms with Gasteiger partial charge in [0.05, 0.1) is 19.8 Å². The van der Waals surface area contributed by atoms with Crippen LogP contribution in [0, 0.1) is 11.6 Å². The second-order valence-electron chi connectivity index (χ2n) is 7.13. The van der Waals surface area contributed by atoms with Gasteiger partial charge < -0.3 is 19.3 Å². The highest BCUT2D eigenvalue weighted by molar-refractivity contribution is 5.87. The maximum absolute atomic E-state index is 14.7. The monoisotopic (exact) mass is 426 g/mol. The zero-order chi connectivity index (χ0) is 22.5. The van der Waals surface area contributed by atoms with E-state index in [1.165, 1.54) is 38.5 Å². The largest absolute Gasteiger partial charge is 0.504 e. The van der Waals surface area contributed by atoms with E-state index in [2.05, 4.69) is 0 Å². The molecule has 0 aromatic heterocycles. The molecule has 3 aromatic rings. The van der Waals surface area contributed by atoms with Crippen LogP contribution < -0.4 is 14.2 Å². The number of halogens is 2. The molecule has 0 fully saturated rings. The summed E-state index contributed by atoms with van der Waals surface area (Å²) in [5, 5.41) is 11.0. The third kappa shape index (κ3) is 4.79. The van der Waals surface area contributed by atoms with E-state index in [0.29, 0.717) is 22.4 Å². The third-order valence-corrected chi connectivity index (χ3v) is 4.75. The van der Waals surface area contributed by atoms with Crippen molar-refractivity contribution in [2.75, 3.05) is 20.8 Å². The predicted octanol–water partition coefficient (Wildman–Crippen LogP) is 6.37. The second-order valence-corrected chi connectivity index (χ2v) is 7.13. The molecule has 162 valence electrons. The van der Waals surface area contributed by atoms with Gasteiger partial charge in [-0.15, -0.1) is 0 Å². The molecule has 3 rings (SSSR count). The molecule has 0 amide bonds. The van der Waals surface area contributed by atoms with Crippen molar-refractivity contribution in [1.82, 2.24) is 0 Å². The molecule has 0 spiro atoms. The molecule has 0 bridgehead atoms. The van der Waals surface area contributed by atoms with Crippen molar-refractivity contribution in [2.45, 2.75) is 13.8 Å². The molecular formula is C25H24F2O4. The summed E-state index contributed by atoms with van der Waals surface area (Å²) in [6.07, 6.45) is 1.85. The first-order valence-corrected chi connectivity index (χ1v) is 9.65. The molecule has 0 saturated heterocycles. The van der Waals surface area contributed by atoms with Crippen LogP contribution in [-0.2, 0) is 0 Å². The van der Waals surface area contributed by atoms with Gasteiger partial charge in [-0.25, -0.2) is 8.78 Å². The van der Waals surface area contributed by atoms with Crippen LogP contribution in [0.15, 0.2) is 60.2 Å². The first-order valence-electron chi connectivity index (χ1n) is 9.65. The molecular weight excluding hydrogens is 402 g/mol. The van der Waals surface area contributed by atoms with Gasteiger partial charge in [0.2, 0.25) is 0 Å². The van der Waals surface area contributed by atoms with Crippen LogP contribution in [0.1, 0.15) is 13.8 Å². The predicted molar refractivity (Wildman–Crippen MR) is 117 cm³/mol. The summed E-state index contributed by atoms with van der Waals surface area (Å²) in [4.78, 5) is 0. The molecule has 4 nitrogen and oxygen atoms in total. The molecule has 0 aliphatic rings. The SMILES string of the molecule is COc1cc(-c2ccc(F)cc2)c(OC)c(O)c1-c1ccc(OCC=C(C)C)c(F)c1. The van der Waals surface area contributed by atoms with Gasteiger partial charge in [-0.3, -0.25) is 0 Å². The lowest BCUT2D eigenvalue weighted by atomic mass is 9.96. The molecule has 0 saturated carbocycles. The molecule has 0 aliphatic heterocycles. The smallest absolute Gasteiger partial charge is 0.170 e. The fourth-order valence-electron chi connectivity index (χ4n) is 3.19. The number of rotatable bonds is 7. The van der Waals surface area contributed by atoms with Gasteiger partial charge in [0, 0.05) is 5.56 Å². The maximum Gasteiger partial charge on any atom is 0.170 e. The first-order chi connectivity index (χ1) is 14.8. The molecule has 0 aliphatic carbocycles. The quantitative estimate of drug-likeness (QED) is 0.446. The number of methoxy groups -OCH3 is 2. The van der Waals surface area contributed by atoms with Crippen LogP contribution in [0.5, 0.6) is 23.0 Å². The average molecular weight is 426 g/mol. The lowest BCUT2D eigenvalue weighted by Crippen LogP contribution is -1.98. The Labute approximate surface area is 180 Å². The van der Waals surface area contributed by atoms with E-state index in [4.69, 9.17) is 14.2 Å². The van der Waals surface area contributed by atoms with E-state index in [9.17, 15) is 13.9 Å². The van der Waals surface area contributed by atoms with E-state index in [1.54, 1.807) is 24.3 Å². The lowest BCUT2D eigenvalue weighted by Gasteiger charge is -2.18. The molecule has 1 N–H and O–H groups in total. The number of hydrogen-bond donors (Lipinski definition) is 1. The van der Waals surface area contributed by atoms with Gasteiger partial charge >= 0.3 is 0 Å². The summed E-state index contributed by atoms with van der Waals surface area (Å²) in [7, 11) is 2.87. The topological polar surface area (TPSA) is 47.9 Å². The van der Waals surface area contributed by atoms with Gasteiger partial charge in [-0.1, -0.05) is 23.8 Å². The Morgan fingerprint density at radius 2 is 1.58 bits per heavy atom. The summed E-state index contributed by atoms with van der Waals surface area (Å²) in [6.45, 7) is 4.12. The van der Waals surface area contributed by atoms with E-state index in [1.807, 2.05) is 19.9 Å². The Kier molecular flexibility index (Phi) is 6.80. The van der Waals surface area contributed by atoms with Crippen LogP contribution in [0.2, 0.25) is 0 Å². The number of hydrogen-bond acceptors (Lipinski definition) is 4. The molecule has 0 radical (unpaired) electrons.